The van der Waals surface area contributed by atoms with Gasteiger partial charge in [0.2, 0.25) is 5.71 Å². The van der Waals surface area contributed by atoms with Crippen LogP contribution in [0.1, 0.15) is 46.3 Å². The van der Waals surface area contributed by atoms with Crippen molar-refractivity contribution in [1.82, 2.24) is 24.8 Å². The predicted octanol–water partition coefficient (Wildman–Crippen LogP) is 1.49. The third-order valence-corrected chi connectivity index (χ3v) is 8.15. The Morgan fingerprint density at radius 2 is 2.11 bits per heavy atom. The number of amides is 2. The molecular weight excluding hydrogens is 496 g/mol. The number of sulfonamides is 1. The van der Waals surface area contributed by atoms with Crippen LogP contribution >= 0.6 is 11.3 Å². The van der Waals surface area contributed by atoms with Crippen molar-refractivity contribution in [3.8, 4) is 0 Å². The van der Waals surface area contributed by atoms with Crippen molar-refractivity contribution in [1.29, 1.82) is 0 Å². The summed E-state index contributed by atoms with van der Waals surface area (Å²) in [5.41, 5.74) is -0.343. The van der Waals surface area contributed by atoms with E-state index >= 15 is 0 Å². The lowest BCUT2D eigenvalue weighted by molar-refractivity contribution is -0.113. The summed E-state index contributed by atoms with van der Waals surface area (Å²) in [6.45, 7) is 1.32. The molecule has 0 fully saturated rings. The molecule has 1 aliphatic rings. The maximum atomic E-state index is 12.7. The molecule has 12 nitrogen and oxygen atoms in total. The zero-order valence-corrected chi connectivity index (χ0v) is 20.5. The van der Waals surface area contributed by atoms with Gasteiger partial charge in [0.1, 0.15) is 23.0 Å². The Hall–Kier alpha value is -3.52. The Balaban J connectivity index is 1.32. The number of nitrogens with one attached hydrogen (secondary N) is 2. The molecule has 3 aromatic heterocycles. The summed E-state index contributed by atoms with van der Waals surface area (Å²) in [4.78, 5) is 29.8. The predicted molar refractivity (Wildman–Crippen MR) is 126 cm³/mol. The van der Waals surface area contributed by atoms with Gasteiger partial charge in [-0.15, -0.1) is 21.5 Å². The molecule has 2 amide bonds. The molecule has 0 spiro atoms. The van der Waals surface area contributed by atoms with Crippen molar-refractivity contribution in [2.24, 2.45) is 5.16 Å². The standard InChI is InChI=1S/C21H24N6O6S2/c1-32-25-19(14-6-5-13-33-14)21(29)26-35(30,31)18-10-9-15(34-18)20(28)22-11-4-8-17-24-23-16-7-2-3-12-27(16)17/h5-6,9-10,13H,2-4,7-8,11-12H2,1H3,(H,22,28)(H,26,29)/b25-19+. The number of hydrogen-bond donors (Lipinski definition) is 2. The van der Waals surface area contributed by atoms with Crippen molar-refractivity contribution in [2.75, 3.05) is 13.7 Å². The lowest BCUT2D eigenvalue weighted by atomic mass is 10.1. The molecule has 35 heavy (non-hydrogen) atoms. The third-order valence-electron chi connectivity index (χ3n) is 5.25. The van der Waals surface area contributed by atoms with Crippen LogP contribution in [-0.4, -0.2) is 54.4 Å². The van der Waals surface area contributed by atoms with Crippen molar-refractivity contribution < 1.29 is 27.3 Å². The Morgan fingerprint density at radius 3 is 2.89 bits per heavy atom. The molecule has 14 heteroatoms. The molecule has 3 aromatic rings. The fraction of sp³-hybridized carbons (Fsp3) is 0.381. The lowest BCUT2D eigenvalue weighted by Gasteiger charge is -2.14. The van der Waals surface area contributed by atoms with Gasteiger partial charge >= 0.3 is 0 Å². The van der Waals surface area contributed by atoms with Crippen LogP contribution in [0, 0.1) is 0 Å². The number of fused-ring (bicyclic) bond motifs is 1. The van der Waals surface area contributed by atoms with Crippen LogP contribution in [-0.2, 0) is 39.0 Å². The van der Waals surface area contributed by atoms with Crippen molar-refractivity contribution in [3.63, 3.8) is 0 Å². The topological polar surface area (TPSA) is 158 Å². The molecule has 0 unspecified atom stereocenters. The highest BCUT2D eigenvalue weighted by Gasteiger charge is 2.26. The second kappa shape index (κ2) is 10.8. The molecule has 1 aliphatic heterocycles. The van der Waals surface area contributed by atoms with Gasteiger partial charge in [-0.3, -0.25) is 9.59 Å². The van der Waals surface area contributed by atoms with Crippen LogP contribution in [0.15, 0.2) is 44.3 Å². The second-order valence-electron chi connectivity index (χ2n) is 7.65. The summed E-state index contributed by atoms with van der Waals surface area (Å²) in [7, 11) is -3.03. The number of nitrogens with zero attached hydrogens (tertiary/aromatic N) is 4. The van der Waals surface area contributed by atoms with Crippen molar-refractivity contribution >= 4 is 38.9 Å². The maximum absolute atomic E-state index is 12.7. The van der Waals surface area contributed by atoms with E-state index in [1.54, 1.807) is 0 Å². The highest BCUT2D eigenvalue weighted by atomic mass is 32.2. The first-order valence-corrected chi connectivity index (χ1v) is 13.2. The van der Waals surface area contributed by atoms with Crippen LogP contribution in [0.3, 0.4) is 0 Å². The number of aromatic nitrogens is 3. The van der Waals surface area contributed by atoms with Crippen LogP contribution in [0.4, 0.5) is 0 Å². The Morgan fingerprint density at radius 1 is 1.26 bits per heavy atom. The summed E-state index contributed by atoms with van der Waals surface area (Å²) in [6, 6.07) is 5.62. The van der Waals surface area contributed by atoms with Crippen LogP contribution < -0.4 is 10.0 Å². The summed E-state index contributed by atoms with van der Waals surface area (Å²) in [5, 5.41) is 14.8. The van der Waals surface area contributed by atoms with Gasteiger partial charge in [-0.2, -0.15) is 0 Å². The number of thiophene rings is 1. The van der Waals surface area contributed by atoms with E-state index in [-0.39, 0.29) is 20.6 Å². The second-order valence-corrected chi connectivity index (χ2v) is 10.6. The van der Waals surface area contributed by atoms with Crippen LogP contribution in [0.2, 0.25) is 0 Å². The molecule has 0 atom stereocenters. The first-order chi connectivity index (χ1) is 16.9. The van der Waals surface area contributed by atoms with E-state index in [1.165, 1.54) is 37.6 Å². The molecule has 4 heterocycles. The minimum atomic E-state index is -4.25. The van der Waals surface area contributed by atoms with E-state index in [0.717, 1.165) is 48.8 Å². The van der Waals surface area contributed by atoms with E-state index in [0.29, 0.717) is 19.4 Å². The fourth-order valence-electron chi connectivity index (χ4n) is 3.60. The largest absolute Gasteiger partial charge is 0.462 e. The average Bonchev–Trinajstić information content (AvgIpc) is 3.61. The Labute approximate surface area is 205 Å². The monoisotopic (exact) mass is 520 g/mol. The van der Waals surface area contributed by atoms with E-state index in [4.69, 9.17) is 4.42 Å². The number of hydrogen-bond acceptors (Lipinski definition) is 10. The number of oxime groups is 1. The van der Waals surface area contributed by atoms with E-state index in [2.05, 4.69) is 30.1 Å². The first-order valence-electron chi connectivity index (χ1n) is 10.9. The summed E-state index contributed by atoms with van der Waals surface area (Å²) < 4.78 is 34.3. The van der Waals surface area contributed by atoms with Gasteiger partial charge in [0.25, 0.3) is 21.8 Å². The van der Waals surface area contributed by atoms with Crippen LogP contribution in [0.5, 0.6) is 0 Å². The van der Waals surface area contributed by atoms with Crippen molar-refractivity contribution in [2.45, 2.75) is 42.9 Å². The van der Waals surface area contributed by atoms with Gasteiger partial charge in [-0.05, 0) is 43.5 Å². The lowest BCUT2D eigenvalue weighted by Crippen LogP contribution is -2.36. The highest BCUT2D eigenvalue weighted by Crippen LogP contribution is 2.22. The van der Waals surface area contributed by atoms with Crippen molar-refractivity contribution in [3.05, 3.63) is 52.8 Å². The number of aryl methyl sites for hydroxylation is 2. The quantitative estimate of drug-likeness (QED) is 0.231. The van der Waals surface area contributed by atoms with E-state index in [9.17, 15) is 18.0 Å². The summed E-state index contributed by atoms with van der Waals surface area (Å²) >= 11 is 0.751. The van der Waals surface area contributed by atoms with Gasteiger partial charge in [-0.1, -0.05) is 5.16 Å². The Bertz CT molecular complexity index is 1330. The SMILES string of the molecule is CO/N=C(/C(=O)NS(=O)(=O)c1ccc(C(=O)NCCCc2nnc3n2CCCC3)s1)c1ccco1. The van der Waals surface area contributed by atoms with Gasteiger partial charge in [0, 0.05) is 25.9 Å². The van der Waals surface area contributed by atoms with E-state index < -0.39 is 21.8 Å². The summed E-state index contributed by atoms with van der Waals surface area (Å²) in [5.74, 6) is 0.539. The highest BCUT2D eigenvalue weighted by molar-refractivity contribution is 7.92. The minimum absolute atomic E-state index is 0.0393. The normalized spacial score (nSPS) is 13.8. The van der Waals surface area contributed by atoms with Gasteiger partial charge in [0.05, 0.1) is 11.1 Å². The molecule has 0 saturated carbocycles. The van der Waals surface area contributed by atoms with E-state index in [1.807, 2.05) is 4.72 Å². The first kappa shape index (κ1) is 24.6. The average molecular weight is 521 g/mol. The van der Waals surface area contributed by atoms with Gasteiger partial charge in [-0.25, -0.2) is 13.1 Å². The van der Waals surface area contributed by atoms with Crippen LogP contribution in [0.25, 0.3) is 0 Å². The molecular formula is C21H24N6O6S2. The molecule has 0 aliphatic carbocycles. The Kier molecular flexibility index (Phi) is 7.60. The molecule has 0 radical (unpaired) electrons. The molecule has 0 bridgehead atoms. The molecule has 4 rings (SSSR count). The third kappa shape index (κ3) is 5.77. The fourth-order valence-corrected chi connectivity index (χ4v) is 5.77. The summed E-state index contributed by atoms with van der Waals surface area (Å²) in [6.07, 6.45) is 5.85. The minimum Gasteiger partial charge on any atom is -0.462 e. The smallest absolute Gasteiger partial charge is 0.290 e. The van der Waals surface area contributed by atoms with Gasteiger partial charge in [0.15, 0.2) is 5.76 Å². The molecule has 0 saturated heterocycles. The molecule has 0 aromatic carbocycles. The maximum Gasteiger partial charge on any atom is 0.290 e. The molecule has 2 N–H and O–H groups in total. The number of carbonyl (C=O) groups is 2. The zero-order chi connectivity index (χ0) is 24.8. The van der Waals surface area contributed by atoms with Gasteiger partial charge < -0.3 is 19.1 Å². The zero-order valence-electron chi connectivity index (χ0n) is 18.9. The number of rotatable bonds is 10. The number of furan rings is 1. The number of carbonyl (C=O) groups excluding carboxylic acids is 2. The molecule has 186 valence electrons.